The van der Waals surface area contributed by atoms with Crippen molar-refractivity contribution in [3.05, 3.63) is 63.9 Å². The Kier molecular flexibility index (Phi) is 5.82. The Balaban J connectivity index is 1.43. The number of amides is 3. The standard InChI is InChI=1S/C20H18ClN5O3S/c1-29-16-6-5-12(21)10-15(16)24-20(28)26-9-7-13-17(11-26)30-19(23-13)25-18(27)14-4-2-3-8-22-14/h2-6,8,10H,7,9,11H2,1H3,(H,24,28)(H,23,25,27). The van der Waals surface area contributed by atoms with E-state index >= 15 is 0 Å². The second-order valence-electron chi connectivity index (χ2n) is 6.50. The molecule has 0 atom stereocenters. The zero-order valence-electron chi connectivity index (χ0n) is 16.0. The average molecular weight is 444 g/mol. The highest BCUT2D eigenvalue weighted by atomic mass is 35.5. The molecule has 8 nitrogen and oxygen atoms in total. The number of rotatable bonds is 4. The Morgan fingerprint density at radius 2 is 2.10 bits per heavy atom. The van der Waals surface area contributed by atoms with Gasteiger partial charge < -0.3 is 15.0 Å². The van der Waals surface area contributed by atoms with Crippen LogP contribution in [0.1, 0.15) is 21.1 Å². The van der Waals surface area contributed by atoms with Crippen molar-refractivity contribution in [3.8, 4) is 5.75 Å². The van der Waals surface area contributed by atoms with Gasteiger partial charge in [-0.05, 0) is 30.3 Å². The maximum Gasteiger partial charge on any atom is 0.322 e. The van der Waals surface area contributed by atoms with E-state index in [-0.39, 0.29) is 11.9 Å². The molecule has 0 aliphatic carbocycles. The third kappa shape index (κ3) is 4.37. The van der Waals surface area contributed by atoms with Gasteiger partial charge in [0, 0.05) is 29.1 Å². The normalized spacial score (nSPS) is 12.8. The minimum atomic E-state index is -0.315. The molecule has 0 saturated carbocycles. The van der Waals surface area contributed by atoms with Crippen LogP contribution in [0.5, 0.6) is 5.75 Å². The Morgan fingerprint density at radius 1 is 1.23 bits per heavy atom. The predicted molar refractivity (Wildman–Crippen MR) is 115 cm³/mol. The number of ether oxygens (including phenoxy) is 1. The van der Waals surface area contributed by atoms with Crippen LogP contribution in [0, 0.1) is 0 Å². The lowest BCUT2D eigenvalue weighted by atomic mass is 10.2. The number of nitrogens with one attached hydrogen (secondary N) is 2. The number of fused-ring (bicyclic) bond motifs is 1. The Morgan fingerprint density at radius 3 is 2.87 bits per heavy atom. The third-order valence-electron chi connectivity index (χ3n) is 4.54. The fourth-order valence-electron chi connectivity index (χ4n) is 3.05. The van der Waals surface area contributed by atoms with Crippen LogP contribution in [0.3, 0.4) is 0 Å². The fourth-order valence-corrected chi connectivity index (χ4v) is 4.24. The van der Waals surface area contributed by atoms with Crippen molar-refractivity contribution in [2.45, 2.75) is 13.0 Å². The lowest BCUT2D eigenvalue weighted by Crippen LogP contribution is -2.38. The second-order valence-corrected chi connectivity index (χ2v) is 8.02. The minimum absolute atomic E-state index is 0.256. The van der Waals surface area contributed by atoms with Crippen LogP contribution in [0.15, 0.2) is 42.6 Å². The van der Waals surface area contributed by atoms with Crippen LogP contribution in [0.4, 0.5) is 15.6 Å². The summed E-state index contributed by atoms with van der Waals surface area (Å²) in [6.07, 6.45) is 2.17. The van der Waals surface area contributed by atoms with Gasteiger partial charge in [0.2, 0.25) is 0 Å². The number of carbonyl (C=O) groups is 2. The quantitative estimate of drug-likeness (QED) is 0.634. The number of urea groups is 1. The summed E-state index contributed by atoms with van der Waals surface area (Å²) in [5.41, 5.74) is 1.72. The summed E-state index contributed by atoms with van der Waals surface area (Å²) in [6, 6.07) is 9.92. The van der Waals surface area contributed by atoms with E-state index in [2.05, 4.69) is 20.6 Å². The number of pyridine rings is 1. The van der Waals surface area contributed by atoms with E-state index in [0.29, 0.717) is 46.8 Å². The van der Waals surface area contributed by atoms with Crippen molar-refractivity contribution in [2.24, 2.45) is 0 Å². The molecule has 0 radical (unpaired) electrons. The Hall–Kier alpha value is -3.17. The Bertz CT molecular complexity index is 1090. The Labute approximate surface area is 181 Å². The molecule has 0 fully saturated rings. The monoisotopic (exact) mass is 443 g/mol. The van der Waals surface area contributed by atoms with Crippen LogP contribution in [-0.4, -0.2) is 40.5 Å². The highest BCUT2D eigenvalue weighted by Crippen LogP contribution is 2.31. The van der Waals surface area contributed by atoms with Gasteiger partial charge in [-0.3, -0.25) is 15.1 Å². The first-order valence-electron chi connectivity index (χ1n) is 9.14. The van der Waals surface area contributed by atoms with Crippen molar-refractivity contribution in [3.63, 3.8) is 0 Å². The van der Waals surface area contributed by atoms with E-state index in [1.165, 1.54) is 18.4 Å². The van der Waals surface area contributed by atoms with Crippen LogP contribution >= 0.6 is 22.9 Å². The number of thiazole rings is 1. The predicted octanol–water partition coefficient (Wildman–Crippen LogP) is 4.04. The third-order valence-corrected chi connectivity index (χ3v) is 5.77. The van der Waals surface area contributed by atoms with Gasteiger partial charge in [0.25, 0.3) is 5.91 Å². The van der Waals surface area contributed by atoms with Crippen LogP contribution < -0.4 is 15.4 Å². The van der Waals surface area contributed by atoms with Gasteiger partial charge in [-0.25, -0.2) is 9.78 Å². The maximum absolute atomic E-state index is 12.7. The van der Waals surface area contributed by atoms with Gasteiger partial charge >= 0.3 is 6.03 Å². The molecule has 154 valence electrons. The summed E-state index contributed by atoms with van der Waals surface area (Å²) >= 11 is 7.39. The smallest absolute Gasteiger partial charge is 0.322 e. The van der Waals surface area contributed by atoms with E-state index < -0.39 is 0 Å². The van der Waals surface area contributed by atoms with Gasteiger partial charge in [0.05, 0.1) is 25.0 Å². The number of anilines is 2. The van der Waals surface area contributed by atoms with E-state index in [1.54, 1.807) is 47.5 Å². The number of methoxy groups -OCH3 is 1. The number of nitrogens with zero attached hydrogens (tertiary/aromatic N) is 3. The number of benzene rings is 1. The molecule has 2 aromatic heterocycles. The lowest BCUT2D eigenvalue weighted by molar-refractivity contribution is 0.102. The molecule has 0 unspecified atom stereocenters. The van der Waals surface area contributed by atoms with Crippen LogP contribution in [0.25, 0.3) is 0 Å². The van der Waals surface area contributed by atoms with E-state index in [0.717, 1.165) is 10.6 Å². The molecular formula is C20H18ClN5O3S. The second kappa shape index (κ2) is 8.68. The molecule has 1 aromatic carbocycles. The molecule has 0 bridgehead atoms. The summed E-state index contributed by atoms with van der Waals surface area (Å²) in [5.74, 6) is 0.215. The number of carbonyl (C=O) groups excluding carboxylic acids is 2. The summed E-state index contributed by atoms with van der Waals surface area (Å²) in [5, 5.41) is 6.62. The summed E-state index contributed by atoms with van der Waals surface area (Å²) in [4.78, 5) is 36.2. The van der Waals surface area contributed by atoms with Crippen molar-refractivity contribution in [1.82, 2.24) is 14.9 Å². The van der Waals surface area contributed by atoms with E-state index in [9.17, 15) is 9.59 Å². The molecule has 1 aliphatic rings. The van der Waals surface area contributed by atoms with Crippen molar-refractivity contribution >= 4 is 45.7 Å². The lowest BCUT2D eigenvalue weighted by Gasteiger charge is -2.26. The molecule has 3 heterocycles. The average Bonchev–Trinajstić information content (AvgIpc) is 3.16. The summed E-state index contributed by atoms with van der Waals surface area (Å²) in [7, 11) is 1.53. The molecule has 3 aromatic rings. The number of aromatic nitrogens is 2. The largest absolute Gasteiger partial charge is 0.495 e. The van der Waals surface area contributed by atoms with Gasteiger partial charge in [-0.1, -0.05) is 29.0 Å². The fraction of sp³-hybridized carbons (Fsp3) is 0.200. The van der Waals surface area contributed by atoms with Gasteiger partial charge in [-0.15, -0.1) is 0 Å². The van der Waals surface area contributed by atoms with Gasteiger partial charge in [0.1, 0.15) is 11.4 Å². The zero-order chi connectivity index (χ0) is 21.1. The van der Waals surface area contributed by atoms with E-state index in [1.807, 2.05) is 0 Å². The van der Waals surface area contributed by atoms with E-state index in [4.69, 9.17) is 16.3 Å². The summed E-state index contributed by atoms with van der Waals surface area (Å²) in [6.45, 7) is 0.917. The first-order valence-corrected chi connectivity index (χ1v) is 10.3. The zero-order valence-corrected chi connectivity index (χ0v) is 17.6. The molecule has 0 spiro atoms. The molecule has 2 N–H and O–H groups in total. The highest BCUT2D eigenvalue weighted by molar-refractivity contribution is 7.15. The van der Waals surface area contributed by atoms with Crippen LogP contribution in [-0.2, 0) is 13.0 Å². The van der Waals surface area contributed by atoms with Crippen molar-refractivity contribution in [2.75, 3.05) is 24.3 Å². The first kappa shape index (κ1) is 20.1. The summed E-state index contributed by atoms with van der Waals surface area (Å²) < 4.78 is 5.28. The number of halogens is 1. The van der Waals surface area contributed by atoms with Crippen LogP contribution in [0.2, 0.25) is 5.02 Å². The van der Waals surface area contributed by atoms with Gasteiger partial charge in [0.15, 0.2) is 5.13 Å². The molecule has 0 saturated heterocycles. The molecule has 3 amide bonds. The number of hydrogen-bond acceptors (Lipinski definition) is 6. The maximum atomic E-state index is 12.7. The first-order chi connectivity index (χ1) is 14.5. The topological polar surface area (TPSA) is 96.5 Å². The van der Waals surface area contributed by atoms with Crippen molar-refractivity contribution in [1.29, 1.82) is 0 Å². The molecular weight excluding hydrogens is 426 g/mol. The molecule has 1 aliphatic heterocycles. The minimum Gasteiger partial charge on any atom is -0.495 e. The SMILES string of the molecule is COc1ccc(Cl)cc1NC(=O)N1CCc2nc(NC(=O)c3ccccn3)sc2C1. The molecule has 30 heavy (non-hydrogen) atoms. The molecule has 10 heteroatoms. The highest BCUT2D eigenvalue weighted by Gasteiger charge is 2.25. The molecule has 4 rings (SSSR count). The number of hydrogen-bond donors (Lipinski definition) is 2. The van der Waals surface area contributed by atoms with Gasteiger partial charge in [-0.2, -0.15) is 0 Å². The van der Waals surface area contributed by atoms with Crippen molar-refractivity contribution < 1.29 is 14.3 Å².